The number of hydrogen-bond acceptors (Lipinski definition) is 6. The number of pyridine rings is 1. The monoisotopic (exact) mass is 552 g/mol. The van der Waals surface area contributed by atoms with Crippen LogP contribution < -0.4 is 10.2 Å². The first-order chi connectivity index (χ1) is 17.4. The van der Waals surface area contributed by atoms with Crippen molar-refractivity contribution in [1.29, 1.82) is 0 Å². The van der Waals surface area contributed by atoms with Crippen LogP contribution >= 0.6 is 11.6 Å². The minimum atomic E-state index is -5.58. The van der Waals surface area contributed by atoms with Crippen molar-refractivity contribution in [1.82, 2.24) is 9.88 Å². The van der Waals surface area contributed by atoms with Crippen LogP contribution in [0.3, 0.4) is 0 Å². The normalized spacial score (nSPS) is 14.3. The number of alkyl halides is 3. The predicted molar refractivity (Wildman–Crippen MR) is 127 cm³/mol. The standard InChI is InChI=1S/C23H16ClF3N4O5S/c24-16-3-1-14(2-4-16)21(33)29-19-11-28-10-9-15(19)12-30-13-20(32)31(22(30)34)17-5-7-18(8-6-17)37(35,36)23(25,26)27/h1-11H,12-13H2,(H,29,33). The lowest BCUT2D eigenvalue weighted by molar-refractivity contribution is -0.116. The fourth-order valence-electron chi connectivity index (χ4n) is 3.51. The van der Waals surface area contributed by atoms with E-state index in [1.165, 1.54) is 24.5 Å². The largest absolute Gasteiger partial charge is 0.501 e. The molecule has 2 heterocycles. The lowest BCUT2D eigenvalue weighted by atomic mass is 10.1. The first kappa shape index (κ1) is 26.1. The Hall–Kier alpha value is -3.97. The van der Waals surface area contributed by atoms with Gasteiger partial charge in [-0.05, 0) is 60.2 Å². The number of halogens is 4. The second-order valence-electron chi connectivity index (χ2n) is 7.80. The van der Waals surface area contributed by atoms with Crippen molar-refractivity contribution < 1.29 is 36.0 Å². The van der Waals surface area contributed by atoms with Crippen LogP contribution in [0.5, 0.6) is 0 Å². The van der Waals surface area contributed by atoms with Crippen LogP contribution in [0.2, 0.25) is 5.02 Å². The number of anilines is 2. The maximum atomic E-state index is 13.0. The lowest BCUT2D eigenvalue weighted by Crippen LogP contribution is -2.33. The van der Waals surface area contributed by atoms with Crippen LogP contribution in [0, 0.1) is 0 Å². The van der Waals surface area contributed by atoms with Crippen molar-refractivity contribution in [2.24, 2.45) is 0 Å². The van der Waals surface area contributed by atoms with Gasteiger partial charge in [0.1, 0.15) is 6.54 Å². The fourth-order valence-corrected chi connectivity index (χ4v) is 4.40. The van der Waals surface area contributed by atoms with Crippen LogP contribution in [0.1, 0.15) is 15.9 Å². The Morgan fingerprint density at radius 3 is 2.30 bits per heavy atom. The van der Waals surface area contributed by atoms with Gasteiger partial charge in [-0.2, -0.15) is 13.2 Å². The van der Waals surface area contributed by atoms with Gasteiger partial charge in [-0.3, -0.25) is 14.6 Å². The molecule has 1 aromatic heterocycles. The molecule has 3 aromatic rings. The van der Waals surface area contributed by atoms with Gasteiger partial charge in [0.05, 0.1) is 29.0 Å². The summed E-state index contributed by atoms with van der Waals surface area (Å²) in [6, 6.07) is 10.2. The van der Waals surface area contributed by atoms with Gasteiger partial charge in [0, 0.05) is 16.8 Å². The van der Waals surface area contributed by atoms with Gasteiger partial charge in [-0.1, -0.05) is 11.6 Å². The van der Waals surface area contributed by atoms with E-state index in [0.29, 0.717) is 34.0 Å². The first-order valence-electron chi connectivity index (χ1n) is 10.4. The number of nitrogens with zero attached hydrogens (tertiary/aromatic N) is 3. The lowest BCUT2D eigenvalue weighted by Gasteiger charge is -2.19. The molecule has 0 spiro atoms. The van der Waals surface area contributed by atoms with E-state index < -0.39 is 38.1 Å². The number of rotatable bonds is 6. The summed E-state index contributed by atoms with van der Waals surface area (Å²) in [4.78, 5) is 43.0. The highest BCUT2D eigenvalue weighted by Crippen LogP contribution is 2.32. The molecule has 0 radical (unpaired) electrons. The average molecular weight is 553 g/mol. The predicted octanol–water partition coefficient (Wildman–Crippen LogP) is 4.25. The number of amides is 4. The Kier molecular flexibility index (Phi) is 6.93. The van der Waals surface area contributed by atoms with Crippen molar-refractivity contribution >= 4 is 50.7 Å². The Labute approximate surface area is 213 Å². The van der Waals surface area contributed by atoms with E-state index in [1.54, 1.807) is 18.2 Å². The molecule has 2 aromatic carbocycles. The maximum Gasteiger partial charge on any atom is 0.501 e. The molecular formula is C23H16ClF3N4O5S. The van der Waals surface area contributed by atoms with E-state index in [2.05, 4.69) is 10.3 Å². The summed E-state index contributed by atoms with van der Waals surface area (Å²) in [7, 11) is -5.58. The van der Waals surface area contributed by atoms with E-state index in [4.69, 9.17) is 11.6 Å². The molecule has 4 amide bonds. The molecule has 1 aliphatic rings. The summed E-state index contributed by atoms with van der Waals surface area (Å²) in [5.74, 6) is -1.12. The van der Waals surface area contributed by atoms with E-state index in [0.717, 1.165) is 21.9 Å². The highest BCUT2D eigenvalue weighted by Gasteiger charge is 2.47. The zero-order valence-corrected chi connectivity index (χ0v) is 20.1. The number of imide groups is 1. The van der Waals surface area contributed by atoms with E-state index in [1.807, 2.05) is 0 Å². The minimum Gasteiger partial charge on any atom is -0.320 e. The Morgan fingerprint density at radius 1 is 1.03 bits per heavy atom. The van der Waals surface area contributed by atoms with Gasteiger partial charge in [-0.25, -0.2) is 18.1 Å². The van der Waals surface area contributed by atoms with Gasteiger partial charge in [0.25, 0.3) is 21.7 Å². The van der Waals surface area contributed by atoms with Gasteiger partial charge < -0.3 is 10.2 Å². The quantitative estimate of drug-likeness (QED) is 0.457. The molecule has 1 fully saturated rings. The molecule has 1 aliphatic heterocycles. The number of urea groups is 1. The summed E-state index contributed by atoms with van der Waals surface area (Å²) in [5, 5.41) is 3.15. The number of carbonyl (C=O) groups is 3. The molecule has 14 heteroatoms. The third kappa shape index (κ3) is 5.27. The van der Waals surface area contributed by atoms with E-state index >= 15 is 0 Å². The zero-order valence-electron chi connectivity index (χ0n) is 18.6. The Balaban J connectivity index is 1.51. The SMILES string of the molecule is O=C(Nc1cnccc1CN1CC(=O)N(c2ccc(S(=O)(=O)C(F)(F)F)cc2)C1=O)c1ccc(Cl)cc1. The van der Waals surface area contributed by atoms with Crippen molar-refractivity contribution in [2.75, 3.05) is 16.8 Å². The molecule has 0 saturated carbocycles. The summed E-state index contributed by atoms with van der Waals surface area (Å²) >= 11 is 5.84. The van der Waals surface area contributed by atoms with Crippen molar-refractivity contribution in [3.05, 3.63) is 83.1 Å². The molecule has 37 heavy (non-hydrogen) atoms. The van der Waals surface area contributed by atoms with Crippen LogP contribution in [0.15, 0.2) is 71.9 Å². The number of nitrogens with one attached hydrogen (secondary N) is 1. The van der Waals surface area contributed by atoms with Gasteiger partial charge in [-0.15, -0.1) is 0 Å². The zero-order chi connectivity index (χ0) is 27.0. The maximum absolute atomic E-state index is 13.0. The second-order valence-corrected chi connectivity index (χ2v) is 10.2. The van der Waals surface area contributed by atoms with Crippen molar-refractivity contribution in [3.8, 4) is 0 Å². The topological polar surface area (TPSA) is 117 Å². The molecule has 1 N–H and O–H groups in total. The third-order valence-electron chi connectivity index (χ3n) is 5.37. The molecule has 1 saturated heterocycles. The molecule has 9 nitrogen and oxygen atoms in total. The number of benzene rings is 2. The van der Waals surface area contributed by atoms with Crippen LogP contribution in [-0.2, 0) is 21.2 Å². The summed E-state index contributed by atoms with van der Waals surface area (Å²) in [5.41, 5.74) is -4.50. The average Bonchev–Trinajstić information content (AvgIpc) is 3.12. The van der Waals surface area contributed by atoms with Gasteiger partial charge >= 0.3 is 11.5 Å². The smallest absolute Gasteiger partial charge is 0.320 e. The molecule has 192 valence electrons. The number of sulfone groups is 1. The van der Waals surface area contributed by atoms with Crippen LogP contribution in [-0.4, -0.2) is 48.2 Å². The molecular weight excluding hydrogens is 537 g/mol. The highest BCUT2D eigenvalue weighted by atomic mass is 35.5. The van der Waals surface area contributed by atoms with Gasteiger partial charge in [0.15, 0.2) is 0 Å². The molecule has 0 atom stereocenters. The first-order valence-corrected chi connectivity index (χ1v) is 12.3. The molecule has 0 aliphatic carbocycles. The molecule has 4 rings (SSSR count). The van der Waals surface area contributed by atoms with Crippen molar-refractivity contribution in [2.45, 2.75) is 16.9 Å². The summed E-state index contributed by atoms with van der Waals surface area (Å²) < 4.78 is 61.5. The number of aromatic nitrogens is 1. The third-order valence-corrected chi connectivity index (χ3v) is 7.13. The molecule has 0 unspecified atom stereocenters. The molecule has 0 bridgehead atoms. The van der Waals surface area contributed by atoms with Crippen molar-refractivity contribution in [3.63, 3.8) is 0 Å². The summed E-state index contributed by atoms with van der Waals surface area (Å²) in [6.07, 6.45) is 2.82. The summed E-state index contributed by atoms with van der Waals surface area (Å²) in [6.45, 7) is -0.450. The number of hydrogen-bond donors (Lipinski definition) is 1. The van der Waals surface area contributed by atoms with Crippen LogP contribution in [0.25, 0.3) is 0 Å². The Morgan fingerprint density at radius 2 is 1.68 bits per heavy atom. The van der Waals surface area contributed by atoms with E-state index in [9.17, 15) is 36.0 Å². The highest BCUT2D eigenvalue weighted by molar-refractivity contribution is 7.92. The minimum absolute atomic E-state index is 0.0929. The number of carbonyl (C=O) groups excluding carboxylic acids is 3. The Bertz CT molecular complexity index is 1480. The van der Waals surface area contributed by atoms with Gasteiger partial charge in [0.2, 0.25) is 0 Å². The second kappa shape index (κ2) is 9.82. The van der Waals surface area contributed by atoms with Crippen LogP contribution in [0.4, 0.5) is 29.3 Å². The fraction of sp³-hybridized carbons (Fsp3) is 0.130. The van der Waals surface area contributed by atoms with E-state index in [-0.39, 0.29) is 18.8 Å².